The van der Waals surface area contributed by atoms with Crippen LogP contribution in [0.15, 0.2) is 78.9 Å². The third-order valence-corrected chi connectivity index (χ3v) is 3.70. The lowest BCUT2D eigenvalue weighted by Crippen LogP contribution is -2.23. The summed E-state index contributed by atoms with van der Waals surface area (Å²) in [4.78, 5) is 13.9. The molecule has 0 N–H and O–H groups in total. The zero-order valence-corrected chi connectivity index (χ0v) is 12.4. The van der Waals surface area contributed by atoms with Crippen LogP contribution in [0.3, 0.4) is 0 Å². The van der Waals surface area contributed by atoms with Crippen molar-refractivity contribution < 1.29 is 4.79 Å². The van der Waals surface area contributed by atoms with Gasteiger partial charge < -0.3 is 4.90 Å². The molecular weight excluding hydrogens is 270 g/mol. The van der Waals surface area contributed by atoms with Gasteiger partial charge in [-0.05, 0) is 34.5 Å². The van der Waals surface area contributed by atoms with Gasteiger partial charge in [0.05, 0.1) is 0 Å². The molecule has 0 aliphatic rings. The predicted octanol–water partition coefficient (Wildman–Crippen LogP) is 4.52. The minimum Gasteiger partial charge on any atom is -0.312 e. The number of anilines is 1. The highest BCUT2D eigenvalue weighted by molar-refractivity contribution is 6.04. The highest BCUT2D eigenvalue weighted by atomic mass is 16.2. The molecule has 108 valence electrons. The monoisotopic (exact) mass is 287 g/mol. The maximum atomic E-state index is 12.3. The topological polar surface area (TPSA) is 20.3 Å². The SMILES string of the molecule is CN(C(=O)/C=C/c1cccc2ccccc12)c1ccccc1. The Bertz CT molecular complexity index is 816. The summed E-state index contributed by atoms with van der Waals surface area (Å²) >= 11 is 0. The third-order valence-electron chi connectivity index (χ3n) is 3.70. The molecule has 0 aliphatic carbocycles. The molecule has 2 nitrogen and oxygen atoms in total. The van der Waals surface area contributed by atoms with Crippen LogP contribution in [0.4, 0.5) is 5.69 Å². The second kappa shape index (κ2) is 6.27. The minimum absolute atomic E-state index is 0.0425. The van der Waals surface area contributed by atoms with Crippen LogP contribution in [0.25, 0.3) is 16.8 Å². The molecule has 0 fully saturated rings. The number of hydrogen-bond acceptors (Lipinski definition) is 1. The number of carbonyl (C=O) groups is 1. The van der Waals surface area contributed by atoms with Crippen molar-refractivity contribution in [2.45, 2.75) is 0 Å². The Labute approximate surface area is 130 Å². The number of rotatable bonds is 3. The Balaban J connectivity index is 1.85. The van der Waals surface area contributed by atoms with Crippen LogP contribution in [-0.2, 0) is 4.79 Å². The summed E-state index contributed by atoms with van der Waals surface area (Å²) in [5.41, 5.74) is 1.93. The number of fused-ring (bicyclic) bond motifs is 1. The van der Waals surface area contributed by atoms with Gasteiger partial charge in [0.1, 0.15) is 0 Å². The van der Waals surface area contributed by atoms with E-state index in [9.17, 15) is 4.79 Å². The molecule has 0 aromatic heterocycles. The molecule has 0 atom stereocenters. The van der Waals surface area contributed by atoms with Gasteiger partial charge in [0.2, 0.25) is 0 Å². The van der Waals surface area contributed by atoms with Crippen LogP contribution >= 0.6 is 0 Å². The summed E-state index contributed by atoms with van der Waals surface area (Å²) in [5.74, 6) is -0.0425. The van der Waals surface area contributed by atoms with Gasteiger partial charge in [0.25, 0.3) is 5.91 Å². The number of hydrogen-bond donors (Lipinski definition) is 0. The first-order chi connectivity index (χ1) is 10.8. The molecule has 3 rings (SSSR count). The number of benzene rings is 3. The van der Waals surface area contributed by atoms with Crippen molar-refractivity contribution in [1.82, 2.24) is 0 Å². The highest BCUT2D eigenvalue weighted by Crippen LogP contribution is 2.20. The molecule has 0 saturated heterocycles. The zero-order valence-electron chi connectivity index (χ0n) is 12.4. The lowest BCUT2D eigenvalue weighted by Gasteiger charge is -2.14. The van der Waals surface area contributed by atoms with Gasteiger partial charge in [-0.3, -0.25) is 4.79 Å². The summed E-state index contributed by atoms with van der Waals surface area (Å²) in [7, 11) is 1.78. The molecular formula is C20H17NO. The number of carbonyl (C=O) groups excluding carboxylic acids is 1. The van der Waals surface area contributed by atoms with E-state index in [2.05, 4.69) is 18.2 Å². The van der Waals surface area contributed by atoms with Gasteiger partial charge in [-0.25, -0.2) is 0 Å². The molecule has 0 aliphatic heterocycles. The average Bonchev–Trinajstić information content (AvgIpc) is 2.59. The van der Waals surface area contributed by atoms with Gasteiger partial charge in [0.15, 0.2) is 0 Å². The third kappa shape index (κ3) is 2.91. The summed E-state index contributed by atoms with van der Waals surface area (Å²) in [6.45, 7) is 0. The Morgan fingerprint density at radius 2 is 1.55 bits per heavy atom. The van der Waals surface area contributed by atoms with E-state index < -0.39 is 0 Å². The minimum atomic E-state index is -0.0425. The van der Waals surface area contributed by atoms with Gasteiger partial charge in [0, 0.05) is 18.8 Å². The second-order valence-electron chi connectivity index (χ2n) is 5.13. The lowest BCUT2D eigenvalue weighted by atomic mass is 10.0. The van der Waals surface area contributed by atoms with E-state index in [-0.39, 0.29) is 5.91 Å². The van der Waals surface area contributed by atoms with Crippen LogP contribution in [0.1, 0.15) is 5.56 Å². The van der Waals surface area contributed by atoms with Crippen molar-refractivity contribution in [3.05, 3.63) is 84.4 Å². The van der Waals surface area contributed by atoms with Crippen LogP contribution in [-0.4, -0.2) is 13.0 Å². The molecule has 1 amide bonds. The first kappa shape index (κ1) is 14.1. The smallest absolute Gasteiger partial charge is 0.250 e. The van der Waals surface area contributed by atoms with Crippen LogP contribution in [0, 0.1) is 0 Å². The van der Waals surface area contributed by atoms with Gasteiger partial charge in [-0.15, -0.1) is 0 Å². The number of para-hydroxylation sites is 1. The molecule has 0 spiro atoms. The van der Waals surface area contributed by atoms with Gasteiger partial charge in [-0.1, -0.05) is 60.7 Å². The van der Waals surface area contributed by atoms with Crippen molar-refractivity contribution in [3.63, 3.8) is 0 Å². The highest BCUT2D eigenvalue weighted by Gasteiger charge is 2.06. The Kier molecular flexibility index (Phi) is 4.01. The Hall–Kier alpha value is -2.87. The zero-order chi connectivity index (χ0) is 15.4. The quantitative estimate of drug-likeness (QED) is 0.649. The van der Waals surface area contributed by atoms with E-state index in [1.165, 1.54) is 5.39 Å². The van der Waals surface area contributed by atoms with E-state index >= 15 is 0 Å². The fourth-order valence-corrected chi connectivity index (χ4v) is 2.45. The summed E-state index contributed by atoms with van der Waals surface area (Å²) in [6, 6.07) is 23.9. The fraction of sp³-hybridized carbons (Fsp3) is 0.0500. The predicted molar refractivity (Wildman–Crippen MR) is 92.8 cm³/mol. The number of nitrogens with zero attached hydrogens (tertiary/aromatic N) is 1. The maximum Gasteiger partial charge on any atom is 0.250 e. The molecule has 0 bridgehead atoms. The molecule has 2 heteroatoms. The number of likely N-dealkylation sites (N-methyl/N-ethyl adjacent to an activating group) is 1. The molecule has 3 aromatic carbocycles. The van der Waals surface area contributed by atoms with Crippen molar-refractivity contribution in [2.24, 2.45) is 0 Å². The molecule has 22 heavy (non-hydrogen) atoms. The molecule has 3 aromatic rings. The molecule has 0 unspecified atom stereocenters. The van der Waals surface area contributed by atoms with Crippen LogP contribution < -0.4 is 4.90 Å². The van der Waals surface area contributed by atoms with Gasteiger partial charge in [-0.2, -0.15) is 0 Å². The summed E-state index contributed by atoms with van der Waals surface area (Å²) in [5, 5.41) is 2.32. The van der Waals surface area contributed by atoms with Crippen LogP contribution in [0.5, 0.6) is 0 Å². The Morgan fingerprint density at radius 1 is 0.864 bits per heavy atom. The largest absolute Gasteiger partial charge is 0.312 e. The van der Waals surface area contributed by atoms with Crippen molar-refractivity contribution >= 4 is 28.4 Å². The number of amides is 1. The Morgan fingerprint density at radius 3 is 2.36 bits per heavy atom. The van der Waals surface area contributed by atoms with Gasteiger partial charge >= 0.3 is 0 Å². The molecule has 0 saturated carbocycles. The average molecular weight is 287 g/mol. The van der Waals surface area contributed by atoms with E-state index in [4.69, 9.17) is 0 Å². The van der Waals surface area contributed by atoms with Crippen molar-refractivity contribution in [2.75, 3.05) is 11.9 Å². The standard InChI is InChI=1S/C20H17NO/c1-21(18-11-3-2-4-12-18)20(22)15-14-17-10-7-9-16-8-5-6-13-19(16)17/h2-15H,1H3/b15-14+. The van der Waals surface area contributed by atoms with E-state index in [1.807, 2.05) is 60.7 Å². The van der Waals surface area contributed by atoms with E-state index in [1.54, 1.807) is 18.0 Å². The second-order valence-corrected chi connectivity index (χ2v) is 5.13. The van der Waals surface area contributed by atoms with E-state index in [0.29, 0.717) is 0 Å². The van der Waals surface area contributed by atoms with Crippen molar-refractivity contribution in [3.8, 4) is 0 Å². The maximum absolute atomic E-state index is 12.3. The lowest BCUT2D eigenvalue weighted by molar-refractivity contribution is -0.113. The first-order valence-electron chi connectivity index (χ1n) is 7.24. The summed E-state index contributed by atoms with van der Waals surface area (Å²) in [6.07, 6.45) is 3.50. The first-order valence-corrected chi connectivity index (χ1v) is 7.24. The molecule has 0 heterocycles. The normalized spacial score (nSPS) is 11.0. The van der Waals surface area contributed by atoms with E-state index in [0.717, 1.165) is 16.6 Å². The fourth-order valence-electron chi connectivity index (χ4n) is 2.45. The van der Waals surface area contributed by atoms with Crippen LogP contribution in [0.2, 0.25) is 0 Å². The summed E-state index contributed by atoms with van der Waals surface area (Å²) < 4.78 is 0. The van der Waals surface area contributed by atoms with Crippen molar-refractivity contribution in [1.29, 1.82) is 0 Å². The molecule has 0 radical (unpaired) electrons.